The summed E-state index contributed by atoms with van der Waals surface area (Å²) in [4.78, 5) is 14.8. The molecular weight excluding hydrogens is 298 g/mol. The van der Waals surface area contributed by atoms with Gasteiger partial charge in [-0.2, -0.15) is 0 Å². The van der Waals surface area contributed by atoms with Crippen molar-refractivity contribution in [3.63, 3.8) is 0 Å². The minimum Gasteiger partial charge on any atom is -0.335 e. The van der Waals surface area contributed by atoms with Crippen LogP contribution in [-0.4, -0.2) is 36.8 Å². The predicted molar refractivity (Wildman–Crippen MR) is 88.1 cm³/mol. The second kappa shape index (κ2) is 7.27. The molecule has 1 aromatic carbocycles. The normalized spacial score (nSPS) is 19.5. The molecule has 1 fully saturated rings. The van der Waals surface area contributed by atoms with Crippen molar-refractivity contribution in [1.29, 1.82) is 0 Å². The number of hydrogen-bond donors (Lipinski definition) is 0. The number of amides is 1. The van der Waals surface area contributed by atoms with Crippen molar-refractivity contribution in [2.45, 2.75) is 45.7 Å². The third-order valence-electron chi connectivity index (χ3n) is 4.51. The Labute approximate surface area is 133 Å². The number of rotatable bonds is 5. The van der Waals surface area contributed by atoms with Crippen LogP contribution in [0.1, 0.15) is 38.7 Å². The van der Waals surface area contributed by atoms with Crippen LogP contribution in [0.25, 0.3) is 0 Å². The van der Waals surface area contributed by atoms with Gasteiger partial charge in [0.25, 0.3) is 0 Å². The van der Waals surface area contributed by atoms with Crippen LogP contribution in [-0.2, 0) is 21.2 Å². The van der Waals surface area contributed by atoms with Crippen LogP contribution in [0.2, 0.25) is 0 Å². The fourth-order valence-corrected chi connectivity index (χ4v) is 4.31. The molecule has 1 saturated heterocycles. The Morgan fingerprint density at radius 3 is 2.36 bits per heavy atom. The van der Waals surface area contributed by atoms with Crippen molar-refractivity contribution in [1.82, 2.24) is 4.90 Å². The van der Waals surface area contributed by atoms with Gasteiger partial charge in [0.15, 0.2) is 0 Å². The third-order valence-corrected chi connectivity index (χ3v) is 6.22. The number of carbonyl (C=O) groups excluding carboxylic acids is 1. The first-order valence-electron chi connectivity index (χ1n) is 7.97. The zero-order valence-electron chi connectivity index (χ0n) is 13.4. The van der Waals surface area contributed by atoms with E-state index in [1.165, 1.54) is 0 Å². The van der Waals surface area contributed by atoms with Gasteiger partial charge in [-0.15, -0.1) is 0 Å². The van der Waals surface area contributed by atoms with Gasteiger partial charge in [0.2, 0.25) is 5.91 Å². The molecule has 0 bridgehead atoms. The first-order valence-corrected chi connectivity index (χ1v) is 9.80. The van der Waals surface area contributed by atoms with Gasteiger partial charge in [0.1, 0.15) is 9.84 Å². The number of sulfone groups is 1. The summed E-state index contributed by atoms with van der Waals surface area (Å²) >= 11 is 0. The number of hydrogen-bond acceptors (Lipinski definition) is 3. The monoisotopic (exact) mass is 323 g/mol. The lowest BCUT2D eigenvalue weighted by molar-refractivity contribution is -0.138. The minimum absolute atomic E-state index is 0.105. The number of carbonyl (C=O) groups is 1. The molecule has 22 heavy (non-hydrogen) atoms. The summed E-state index contributed by atoms with van der Waals surface area (Å²) in [6, 6.07) is 10.1. The lowest BCUT2D eigenvalue weighted by atomic mass is 9.99. The Morgan fingerprint density at radius 2 is 1.82 bits per heavy atom. The van der Waals surface area contributed by atoms with Crippen molar-refractivity contribution in [2.75, 3.05) is 11.5 Å². The molecule has 2 rings (SSSR count). The second-order valence-corrected chi connectivity index (χ2v) is 8.44. The fourth-order valence-electron chi connectivity index (χ4n) is 2.82. The van der Waals surface area contributed by atoms with Crippen molar-refractivity contribution in [2.24, 2.45) is 5.92 Å². The first-order chi connectivity index (χ1) is 10.4. The highest BCUT2D eigenvalue weighted by Gasteiger charge is 2.32. The van der Waals surface area contributed by atoms with Crippen LogP contribution in [0.5, 0.6) is 0 Å². The molecule has 1 aliphatic rings. The maximum absolute atomic E-state index is 12.8. The Hall–Kier alpha value is -1.36. The largest absolute Gasteiger partial charge is 0.335 e. The van der Waals surface area contributed by atoms with E-state index in [2.05, 4.69) is 13.8 Å². The van der Waals surface area contributed by atoms with E-state index in [0.29, 0.717) is 19.4 Å². The van der Waals surface area contributed by atoms with Gasteiger partial charge in [-0.25, -0.2) is 8.42 Å². The quantitative estimate of drug-likeness (QED) is 0.837. The molecule has 5 heteroatoms. The van der Waals surface area contributed by atoms with Gasteiger partial charge in [0, 0.05) is 18.5 Å². The zero-order chi connectivity index (χ0) is 16.2. The molecule has 0 radical (unpaired) electrons. The molecule has 1 aliphatic heterocycles. The lowest BCUT2D eigenvalue weighted by Crippen LogP contribution is -2.43. The summed E-state index contributed by atoms with van der Waals surface area (Å²) in [5.41, 5.74) is 1.11. The second-order valence-electron chi connectivity index (χ2n) is 6.14. The third kappa shape index (κ3) is 4.32. The van der Waals surface area contributed by atoms with Gasteiger partial charge in [-0.3, -0.25) is 4.79 Å². The molecule has 0 saturated carbocycles. The Balaban J connectivity index is 2.10. The van der Waals surface area contributed by atoms with Crippen LogP contribution in [0.4, 0.5) is 0 Å². The topological polar surface area (TPSA) is 54.5 Å². The average molecular weight is 323 g/mol. The minimum atomic E-state index is -2.93. The van der Waals surface area contributed by atoms with Crippen LogP contribution in [0, 0.1) is 5.92 Å². The van der Waals surface area contributed by atoms with Crippen LogP contribution >= 0.6 is 0 Å². The molecule has 0 aromatic heterocycles. The highest BCUT2D eigenvalue weighted by molar-refractivity contribution is 7.91. The van der Waals surface area contributed by atoms with E-state index >= 15 is 0 Å². The molecule has 1 heterocycles. The smallest absolute Gasteiger partial charge is 0.226 e. The Morgan fingerprint density at radius 1 is 1.23 bits per heavy atom. The van der Waals surface area contributed by atoms with Gasteiger partial charge < -0.3 is 4.90 Å². The SMILES string of the molecule is CCC(C)N(Cc1ccccc1)C(=O)C1CCS(=O)(=O)CC1. The van der Waals surface area contributed by atoms with E-state index in [1.54, 1.807) is 0 Å². The van der Waals surface area contributed by atoms with Crippen LogP contribution < -0.4 is 0 Å². The van der Waals surface area contributed by atoms with E-state index in [-0.39, 0.29) is 29.4 Å². The summed E-state index contributed by atoms with van der Waals surface area (Å²) in [6.45, 7) is 4.72. The van der Waals surface area contributed by atoms with E-state index in [4.69, 9.17) is 0 Å². The maximum atomic E-state index is 12.8. The van der Waals surface area contributed by atoms with Crippen molar-refractivity contribution < 1.29 is 13.2 Å². The van der Waals surface area contributed by atoms with Crippen molar-refractivity contribution >= 4 is 15.7 Å². The summed E-state index contributed by atoms with van der Waals surface area (Å²) in [5.74, 6) is 0.237. The number of benzene rings is 1. The summed E-state index contributed by atoms with van der Waals surface area (Å²) in [6.07, 6.45) is 1.81. The molecule has 1 atom stereocenters. The van der Waals surface area contributed by atoms with Crippen LogP contribution in [0.15, 0.2) is 30.3 Å². The molecule has 0 aliphatic carbocycles. The van der Waals surface area contributed by atoms with Crippen molar-refractivity contribution in [3.8, 4) is 0 Å². The predicted octanol–water partition coefficient (Wildman–Crippen LogP) is 2.64. The van der Waals surface area contributed by atoms with Gasteiger partial charge in [0.05, 0.1) is 11.5 Å². The number of nitrogens with zero attached hydrogens (tertiary/aromatic N) is 1. The lowest BCUT2D eigenvalue weighted by Gasteiger charge is -2.33. The fraction of sp³-hybridized carbons (Fsp3) is 0.588. The average Bonchev–Trinajstić information content (AvgIpc) is 2.52. The van der Waals surface area contributed by atoms with Crippen LogP contribution in [0.3, 0.4) is 0 Å². The van der Waals surface area contributed by atoms with E-state index in [9.17, 15) is 13.2 Å². The van der Waals surface area contributed by atoms with Gasteiger partial charge in [-0.1, -0.05) is 37.3 Å². The highest BCUT2D eigenvalue weighted by atomic mass is 32.2. The Kier molecular flexibility index (Phi) is 5.62. The summed E-state index contributed by atoms with van der Waals surface area (Å²) in [5, 5.41) is 0. The molecule has 1 amide bonds. The zero-order valence-corrected chi connectivity index (χ0v) is 14.2. The van der Waals surface area contributed by atoms with Gasteiger partial charge in [-0.05, 0) is 31.7 Å². The molecule has 122 valence electrons. The highest BCUT2D eigenvalue weighted by Crippen LogP contribution is 2.24. The molecule has 1 aromatic rings. The van der Waals surface area contributed by atoms with Crippen molar-refractivity contribution in [3.05, 3.63) is 35.9 Å². The first kappa shape index (κ1) is 17.0. The van der Waals surface area contributed by atoms with E-state index < -0.39 is 9.84 Å². The molecule has 1 unspecified atom stereocenters. The molecule has 0 N–H and O–H groups in total. The molecule has 4 nitrogen and oxygen atoms in total. The standard InChI is InChI=1S/C17H25NO3S/c1-3-14(2)18(13-15-7-5-4-6-8-15)17(19)16-9-11-22(20,21)12-10-16/h4-8,14,16H,3,9-13H2,1-2H3. The van der Waals surface area contributed by atoms with Gasteiger partial charge >= 0.3 is 0 Å². The Bertz CT molecular complexity index is 584. The molecule has 0 spiro atoms. The summed E-state index contributed by atoms with van der Waals surface area (Å²) in [7, 11) is -2.93. The van der Waals surface area contributed by atoms with E-state index in [1.807, 2.05) is 35.2 Å². The van der Waals surface area contributed by atoms with E-state index in [0.717, 1.165) is 12.0 Å². The molecular formula is C17H25NO3S. The summed E-state index contributed by atoms with van der Waals surface area (Å²) < 4.78 is 23.1. The maximum Gasteiger partial charge on any atom is 0.226 e.